The zero-order valence-electron chi connectivity index (χ0n) is 29.2. The van der Waals surface area contributed by atoms with Crippen LogP contribution in [0.15, 0.2) is 47.7 Å². The average Bonchev–Trinajstić information content (AvgIpc) is 2.91. The number of rotatable bonds is 18. The molecular weight excluding hydrogens is 597 g/mol. The summed E-state index contributed by atoms with van der Waals surface area (Å²) in [6.45, 7) is 19.8. The van der Waals surface area contributed by atoms with Crippen LogP contribution in [0.25, 0.3) is 0 Å². The molecule has 0 amide bonds. The van der Waals surface area contributed by atoms with Crippen molar-refractivity contribution in [3.8, 4) is 0 Å². The van der Waals surface area contributed by atoms with Gasteiger partial charge in [-0.05, 0) is 37.9 Å². The van der Waals surface area contributed by atoms with Crippen molar-refractivity contribution in [2.75, 3.05) is 27.9 Å². The molecule has 0 unspecified atom stereocenters. The van der Waals surface area contributed by atoms with E-state index in [4.69, 9.17) is 33.2 Å². The van der Waals surface area contributed by atoms with Gasteiger partial charge in [0.15, 0.2) is 14.6 Å². The highest BCUT2D eigenvalue weighted by Gasteiger charge is 2.48. The molecule has 1 rings (SSSR count). The predicted molar refractivity (Wildman–Crippen MR) is 181 cm³/mol. The lowest BCUT2D eigenvalue weighted by Crippen LogP contribution is -2.60. The number of ether oxygens (including phenoxy) is 5. The van der Waals surface area contributed by atoms with Gasteiger partial charge in [0.25, 0.3) is 0 Å². The Kier molecular flexibility index (Phi) is 17.2. The van der Waals surface area contributed by atoms with E-state index < -0.39 is 53.1 Å². The summed E-state index contributed by atoms with van der Waals surface area (Å²) < 4.78 is 37.8. The van der Waals surface area contributed by atoms with Crippen molar-refractivity contribution in [2.45, 2.75) is 128 Å². The second kappa shape index (κ2) is 18.7. The van der Waals surface area contributed by atoms with Crippen LogP contribution in [0.4, 0.5) is 0 Å². The van der Waals surface area contributed by atoms with Crippen molar-refractivity contribution in [2.24, 2.45) is 0 Å². The molecule has 0 radical (unpaired) electrons. The molecule has 1 saturated heterocycles. The smallest absolute Gasteiger partial charge is 0.303 e. The highest BCUT2D eigenvalue weighted by molar-refractivity contribution is 6.83. The Balaban J connectivity index is 3.74. The fourth-order valence-corrected chi connectivity index (χ4v) is 7.20. The summed E-state index contributed by atoms with van der Waals surface area (Å²) in [4.78, 5) is 11.1. The molecule has 1 heterocycles. The maximum atomic E-state index is 11.1. The van der Waals surface area contributed by atoms with Gasteiger partial charge in [0.05, 0.1) is 33.0 Å². The van der Waals surface area contributed by atoms with E-state index in [0.717, 1.165) is 0 Å². The summed E-state index contributed by atoms with van der Waals surface area (Å²) in [7, 11) is 0.691. The Hall–Kier alpha value is -1.42. The zero-order chi connectivity index (χ0) is 33.7. The van der Waals surface area contributed by atoms with Gasteiger partial charge >= 0.3 is 5.97 Å². The number of aliphatic hydroxyl groups excluding tert-OH is 1. The molecule has 1 aliphatic rings. The molecule has 0 bridgehead atoms. The number of aliphatic hydroxyl groups is 1. The van der Waals surface area contributed by atoms with Gasteiger partial charge in [-0.25, -0.2) is 0 Å². The van der Waals surface area contributed by atoms with Crippen LogP contribution < -0.4 is 0 Å². The van der Waals surface area contributed by atoms with Crippen LogP contribution in [-0.2, 0) is 32.9 Å². The van der Waals surface area contributed by atoms with E-state index in [-0.39, 0.29) is 30.3 Å². The number of aliphatic carboxylic acids is 1. The Labute approximate surface area is 268 Å². The summed E-state index contributed by atoms with van der Waals surface area (Å²) in [5.41, 5.74) is 0. The third-order valence-electron chi connectivity index (χ3n) is 8.35. The van der Waals surface area contributed by atoms with Crippen molar-refractivity contribution in [1.29, 1.82) is 0 Å². The SMILES string of the molecule is CO[C@@H]1[C@@H](OC)[C@H](C)O[C@@H](O[C@@H](C/C=C/CCC(=O)O)[C@@H](/C=C(/C=C/C=C\CO)[Si](C)(C)C)O[Si](C)(C)C(C)(C)C)[C@@H]1OC. The molecule has 0 aromatic carbocycles. The van der Waals surface area contributed by atoms with Crippen LogP contribution in [0.5, 0.6) is 0 Å². The van der Waals surface area contributed by atoms with Crippen molar-refractivity contribution >= 4 is 22.4 Å². The minimum Gasteiger partial charge on any atom is -0.481 e. The highest BCUT2D eigenvalue weighted by atomic mass is 28.4. The van der Waals surface area contributed by atoms with Gasteiger partial charge in [-0.2, -0.15) is 0 Å². The van der Waals surface area contributed by atoms with Crippen LogP contribution in [0.3, 0.4) is 0 Å². The molecule has 0 aromatic heterocycles. The molecule has 0 aliphatic carbocycles. The first-order valence-corrected chi connectivity index (χ1v) is 21.9. The van der Waals surface area contributed by atoms with Crippen LogP contribution in [0, 0.1) is 0 Å². The fourth-order valence-electron chi connectivity index (χ4n) is 4.68. The van der Waals surface area contributed by atoms with Crippen LogP contribution in [-0.4, -0.2) is 103 Å². The van der Waals surface area contributed by atoms with Crippen LogP contribution in [0.1, 0.15) is 47.0 Å². The molecule has 11 heteroatoms. The van der Waals surface area contributed by atoms with E-state index in [9.17, 15) is 9.90 Å². The van der Waals surface area contributed by atoms with Crippen molar-refractivity contribution in [3.63, 3.8) is 0 Å². The predicted octanol–water partition coefficient (Wildman–Crippen LogP) is 6.27. The Morgan fingerprint density at radius 1 is 0.932 bits per heavy atom. The summed E-state index contributed by atoms with van der Waals surface area (Å²) in [6, 6.07) is 0. The Bertz CT molecular complexity index is 979. The summed E-state index contributed by atoms with van der Waals surface area (Å²) in [5, 5.41) is 19.5. The number of carboxylic acid groups (broad SMARTS) is 1. The van der Waals surface area contributed by atoms with Gasteiger partial charge in [0.2, 0.25) is 0 Å². The molecule has 2 N–H and O–H groups in total. The van der Waals surface area contributed by atoms with Crippen molar-refractivity contribution in [3.05, 3.63) is 47.7 Å². The van der Waals surface area contributed by atoms with Crippen molar-refractivity contribution < 1.29 is 43.1 Å². The molecular formula is C33H60O9Si2. The van der Waals surface area contributed by atoms with Crippen LogP contribution >= 0.6 is 0 Å². The fraction of sp³-hybridized carbons (Fsp3) is 0.727. The quantitative estimate of drug-likeness (QED) is 0.100. The normalized spacial score (nSPS) is 25.8. The second-order valence-electron chi connectivity index (χ2n) is 13.8. The molecule has 254 valence electrons. The Morgan fingerprint density at radius 3 is 2.05 bits per heavy atom. The first-order valence-electron chi connectivity index (χ1n) is 15.5. The minimum atomic E-state index is -2.31. The first kappa shape index (κ1) is 40.6. The minimum absolute atomic E-state index is 0.0234. The topological polar surface area (TPSA) is 113 Å². The number of hydrogen-bond acceptors (Lipinski definition) is 8. The third-order valence-corrected chi connectivity index (χ3v) is 14.9. The highest BCUT2D eigenvalue weighted by Crippen LogP contribution is 2.39. The van der Waals surface area contributed by atoms with Gasteiger partial charge in [-0.3, -0.25) is 4.79 Å². The summed E-state index contributed by atoms with van der Waals surface area (Å²) in [6.07, 6.45) is 11.3. The van der Waals surface area contributed by atoms with Gasteiger partial charge in [0, 0.05) is 27.8 Å². The molecule has 9 nitrogen and oxygen atoms in total. The molecule has 1 aliphatic heterocycles. The number of hydrogen-bond donors (Lipinski definition) is 2. The maximum absolute atomic E-state index is 11.1. The number of carboxylic acids is 1. The molecule has 7 atom stereocenters. The number of carbonyl (C=O) groups is 1. The lowest BCUT2D eigenvalue weighted by atomic mass is 9.99. The lowest BCUT2D eigenvalue weighted by molar-refractivity contribution is -0.318. The van der Waals surface area contributed by atoms with Gasteiger partial charge in [-0.15, -0.1) is 0 Å². The molecule has 44 heavy (non-hydrogen) atoms. The molecule has 0 saturated carbocycles. The van der Waals surface area contributed by atoms with E-state index in [1.54, 1.807) is 27.4 Å². The standard InChI is InChI=1S/C33H60O9Si2/c1-24-29(37-5)30(38-6)31(39-7)32(40-24)41-26(20-16-13-17-21-28(35)36)27(42-44(11,12)33(2,3)4)23-25(43(8,9)10)19-15-14-18-22-34/h13-16,18-19,23-24,26-27,29-32,34H,17,20-22H2,1-12H3,(H,35,36)/b16-13+,18-14-,19-15+,25-23-/t24-,26-,27+,29-,30+,31+,32-/m0/s1. The zero-order valence-corrected chi connectivity index (χ0v) is 31.2. The summed E-state index contributed by atoms with van der Waals surface area (Å²) in [5.74, 6) is -0.836. The Morgan fingerprint density at radius 2 is 1.55 bits per heavy atom. The summed E-state index contributed by atoms with van der Waals surface area (Å²) >= 11 is 0. The van der Waals surface area contributed by atoms with E-state index >= 15 is 0 Å². The number of methoxy groups -OCH3 is 3. The molecule has 0 aromatic rings. The van der Waals surface area contributed by atoms with Gasteiger partial charge in [0.1, 0.15) is 18.3 Å². The van der Waals surface area contributed by atoms with E-state index in [2.05, 4.69) is 65.7 Å². The van der Waals surface area contributed by atoms with E-state index in [1.165, 1.54) is 5.20 Å². The number of allylic oxidation sites excluding steroid dienone is 5. The lowest BCUT2D eigenvalue weighted by Gasteiger charge is -2.46. The van der Waals surface area contributed by atoms with Crippen molar-refractivity contribution in [1.82, 2.24) is 0 Å². The molecule has 1 fully saturated rings. The monoisotopic (exact) mass is 656 g/mol. The van der Waals surface area contributed by atoms with Gasteiger partial charge < -0.3 is 38.3 Å². The average molecular weight is 657 g/mol. The largest absolute Gasteiger partial charge is 0.481 e. The molecule has 0 spiro atoms. The first-order chi connectivity index (χ1) is 20.4. The van der Waals surface area contributed by atoms with E-state index in [0.29, 0.717) is 12.8 Å². The van der Waals surface area contributed by atoms with E-state index in [1.807, 2.05) is 31.2 Å². The van der Waals surface area contributed by atoms with Gasteiger partial charge in [-0.1, -0.05) is 88.1 Å². The maximum Gasteiger partial charge on any atom is 0.303 e. The second-order valence-corrected chi connectivity index (χ2v) is 23.6. The van der Waals surface area contributed by atoms with Crippen LogP contribution in [0.2, 0.25) is 37.8 Å². The third kappa shape index (κ3) is 12.8.